The van der Waals surface area contributed by atoms with Crippen LogP contribution in [0.3, 0.4) is 0 Å². The van der Waals surface area contributed by atoms with Crippen LogP contribution in [0.25, 0.3) is 41.7 Å². The van der Waals surface area contributed by atoms with E-state index in [9.17, 15) is 0 Å². The molecule has 0 N–H and O–H groups in total. The molecule has 4 aromatic carbocycles. The minimum atomic E-state index is 0.817. The fraction of sp³-hybridized carbons (Fsp3) is 0.394. The Kier molecular flexibility index (Phi) is 7.29. The number of hydrogen-bond donors (Lipinski definition) is 0. The number of unbranched alkanes of at least 4 members (excludes halogenated alkanes) is 7. The Hall–Kier alpha value is -2.58. The molecule has 2 heteroatoms. The van der Waals surface area contributed by atoms with Crippen LogP contribution in [-0.2, 0) is 0 Å². The topological polar surface area (TPSA) is 9.23 Å². The summed E-state index contributed by atoms with van der Waals surface area (Å²) in [4.78, 5) is 0. The van der Waals surface area contributed by atoms with E-state index in [0.717, 1.165) is 18.8 Å². The highest BCUT2D eigenvalue weighted by Crippen LogP contribution is 2.40. The van der Waals surface area contributed by atoms with Gasteiger partial charge in [-0.25, -0.2) is 0 Å². The second-order valence-electron chi connectivity index (χ2n) is 10.4. The minimum absolute atomic E-state index is 0.817. The summed E-state index contributed by atoms with van der Waals surface area (Å²) in [6, 6.07) is 18.7. The van der Waals surface area contributed by atoms with Crippen LogP contribution in [0.15, 0.2) is 48.5 Å². The summed E-state index contributed by atoms with van der Waals surface area (Å²) in [6.45, 7) is 9.68. The van der Waals surface area contributed by atoms with E-state index in [-0.39, 0.29) is 0 Å². The summed E-state index contributed by atoms with van der Waals surface area (Å²) in [5.41, 5.74) is 3.95. The summed E-state index contributed by atoms with van der Waals surface area (Å²) in [5, 5.41) is 7.98. The van der Waals surface area contributed by atoms with Crippen LogP contribution in [0.2, 0.25) is 0 Å². The average Bonchev–Trinajstić information content (AvgIpc) is 3.17. The Morgan fingerprint density at radius 2 is 1.03 bits per heavy atom. The Bertz CT molecular complexity index is 1490. The van der Waals surface area contributed by atoms with Gasteiger partial charge in [0.05, 0.1) is 6.61 Å². The molecule has 5 rings (SSSR count). The highest BCUT2D eigenvalue weighted by atomic mass is 32.1. The van der Waals surface area contributed by atoms with Gasteiger partial charge >= 0.3 is 0 Å². The van der Waals surface area contributed by atoms with Gasteiger partial charge in [0, 0.05) is 20.2 Å². The maximum Gasteiger partial charge on any atom is 0.122 e. The van der Waals surface area contributed by atoms with E-state index in [4.69, 9.17) is 4.74 Å². The largest absolute Gasteiger partial charge is 0.493 e. The molecule has 5 aromatic rings. The fourth-order valence-electron chi connectivity index (χ4n) is 5.26. The van der Waals surface area contributed by atoms with Crippen molar-refractivity contribution in [3.8, 4) is 5.75 Å². The van der Waals surface area contributed by atoms with Crippen molar-refractivity contribution in [1.82, 2.24) is 0 Å². The van der Waals surface area contributed by atoms with Crippen LogP contribution in [0.4, 0.5) is 0 Å². The molecule has 0 radical (unpaired) electrons. The zero-order chi connectivity index (χ0) is 24.4. The number of hydrogen-bond acceptors (Lipinski definition) is 2. The predicted molar refractivity (Wildman–Crippen MR) is 157 cm³/mol. The maximum absolute atomic E-state index is 6.24. The van der Waals surface area contributed by atoms with Gasteiger partial charge in [-0.2, -0.15) is 0 Å². The van der Waals surface area contributed by atoms with Crippen LogP contribution in [0.5, 0.6) is 5.75 Å². The first-order chi connectivity index (χ1) is 17.0. The molecule has 1 aromatic heterocycles. The number of benzene rings is 4. The van der Waals surface area contributed by atoms with Gasteiger partial charge < -0.3 is 4.74 Å². The predicted octanol–water partition coefficient (Wildman–Crippen LogP) is 10.8. The van der Waals surface area contributed by atoms with E-state index >= 15 is 0 Å². The molecule has 1 heterocycles. The van der Waals surface area contributed by atoms with Gasteiger partial charge in [0.2, 0.25) is 0 Å². The van der Waals surface area contributed by atoms with Crippen molar-refractivity contribution in [2.75, 3.05) is 6.61 Å². The molecular formula is C33H38OS. The normalized spacial score (nSPS) is 11.9. The van der Waals surface area contributed by atoms with Crippen LogP contribution >= 0.6 is 11.3 Å². The Balaban J connectivity index is 1.35. The Morgan fingerprint density at radius 1 is 0.543 bits per heavy atom. The third-order valence-electron chi connectivity index (χ3n) is 7.55. The molecule has 0 saturated carbocycles. The van der Waals surface area contributed by atoms with Gasteiger partial charge in [-0.1, -0.05) is 64.0 Å². The first-order valence-corrected chi connectivity index (χ1v) is 14.3. The molecule has 182 valence electrons. The van der Waals surface area contributed by atoms with Crippen molar-refractivity contribution in [3.63, 3.8) is 0 Å². The first kappa shape index (κ1) is 24.1. The number of ether oxygens (including phenoxy) is 1. The molecule has 0 amide bonds. The molecule has 0 aliphatic carbocycles. The SMILES string of the molecule is CCCCCCCCCCOc1cc2cc3sc4cc5cc(C)c(C)cc5cc4c3cc2cc1C. The number of fused-ring (bicyclic) bond motifs is 5. The Labute approximate surface area is 214 Å². The van der Waals surface area contributed by atoms with E-state index in [1.807, 2.05) is 11.3 Å². The molecule has 0 saturated heterocycles. The van der Waals surface area contributed by atoms with Gasteiger partial charge in [-0.05, 0) is 102 Å². The molecular weight excluding hydrogens is 444 g/mol. The van der Waals surface area contributed by atoms with E-state index in [1.54, 1.807) is 0 Å². The van der Waals surface area contributed by atoms with E-state index in [2.05, 4.69) is 76.2 Å². The molecule has 0 fully saturated rings. The zero-order valence-corrected chi connectivity index (χ0v) is 22.6. The van der Waals surface area contributed by atoms with Crippen molar-refractivity contribution >= 4 is 53.1 Å². The van der Waals surface area contributed by atoms with Gasteiger partial charge in [0.15, 0.2) is 0 Å². The monoisotopic (exact) mass is 482 g/mol. The van der Waals surface area contributed by atoms with Gasteiger partial charge in [0.25, 0.3) is 0 Å². The van der Waals surface area contributed by atoms with E-state index in [0.29, 0.717) is 0 Å². The average molecular weight is 483 g/mol. The van der Waals surface area contributed by atoms with Crippen LogP contribution < -0.4 is 4.74 Å². The molecule has 35 heavy (non-hydrogen) atoms. The van der Waals surface area contributed by atoms with Gasteiger partial charge in [-0.15, -0.1) is 11.3 Å². The minimum Gasteiger partial charge on any atom is -0.493 e. The lowest BCUT2D eigenvalue weighted by Gasteiger charge is -2.11. The van der Waals surface area contributed by atoms with Gasteiger partial charge in [-0.3, -0.25) is 0 Å². The quantitative estimate of drug-likeness (QED) is 0.180. The summed E-state index contributed by atoms with van der Waals surface area (Å²) in [6.07, 6.45) is 10.6. The lowest BCUT2D eigenvalue weighted by molar-refractivity contribution is 0.303. The molecule has 0 aliphatic rings. The Morgan fingerprint density at radius 3 is 1.63 bits per heavy atom. The third-order valence-corrected chi connectivity index (χ3v) is 8.66. The maximum atomic E-state index is 6.24. The van der Waals surface area contributed by atoms with Crippen molar-refractivity contribution < 1.29 is 4.74 Å². The van der Waals surface area contributed by atoms with Crippen LogP contribution in [0, 0.1) is 20.8 Å². The van der Waals surface area contributed by atoms with Gasteiger partial charge in [0.1, 0.15) is 5.75 Å². The molecule has 1 nitrogen and oxygen atoms in total. The highest BCUT2D eigenvalue weighted by Gasteiger charge is 2.11. The highest BCUT2D eigenvalue weighted by molar-refractivity contribution is 7.26. The summed E-state index contributed by atoms with van der Waals surface area (Å²) >= 11 is 1.90. The summed E-state index contributed by atoms with van der Waals surface area (Å²) in [7, 11) is 0. The molecule has 0 unspecified atom stereocenters. The van der Waals surface area contributed by atoms with E-state index in [1.165, 1.54) is 103 Å². The smallest absolute Gasteiger partial charge is 0.122 e. The third kappa shape index (κ3) is 5.19. The standard InChI is InChI=1S/C33H38OS/c1-5-6-7-8-9-10-11-12-13-34-31-19-28-21-33-30(18-26(28)16-24(31)4)29-17-25-14-22(2)23(3)15-27(25)20-32(29)35-33/h14-21H,5-13H2,1-4H3. The van der Waals surface area contributed by atoms with Crippen LogP contribution in [0.1, 0.15) is 75.0 Å². The van der Waals surface area contributed by atoms with Crippen molar-refractivity contribution in [3.05, 3.63) is 65.2 Å². The number of rotatable bonds is 10. The second-order valence-corrected chi connectivity index (χ2v) is 11.5. The van der Waals surface area contributed by atoms with Crippen molar-refractivity contribution in [2.45, 2.75) is 79.1 Å². The summed E-state index contributed by atoms with van der Waals surface area (Å²) < 4.78 is 8.96. The lowest BCUT2D eigenvalue weighted by Crippen LogP contribution is -1.99. The fourth-order valence-corrected chi connectivity index (χ4v) is 6.43. The molecule has 0 bridgehead atoms. The van der Waals surface area contributed by atoms with Crippen molar-refractivity contribution in [1.29, 1.82) is 0 Å². The molecule has 0 atom stereocenters. The molecule has 0 spiro atoms. The number of aryl methyl sites for hydroxylation is 3. The van der Waals surface area contributed by atoms with Crippen molar-refractivity contribution in [2.24, 2.45) is 0 Å². The first-order valence-electron chi connectivity index (χ1n) is 13.5. The number of thiophene rings is 1. The summed E-state index contributed by atoms with van der Waals surface area (Å²) in [5.74, 6) is 1.04. The van der Waals surface area contributed by atoms with Crippen LogP contribution in [-0.4, -0.2) is 6.61 Å². The second kappa shape index (κ2) is 10.6. The zero-order valence-electron chi connectivity index (χ0n) is 21.8. The van der Waals surface area contributed by atoms with E-state index < -0.39 is 0 Å². The molecule has 0 aliphatic heterocycles. The lowest BCUT2D eigenvalue weighted by atomic mass is 9.99.